The maximum atomic E-state index is 2.61. The van der Waals surface area contributed by atoms with Gasteiger partial charge in [0.2, 0.25) is 0 Å². The van der Waals surface area contributed by atoms with Crippen molar-refractivity contribution >= 4 is 4.08 Å². The van der Waals surface area contributed by atoms with Gasteiger partial charge in [0.15, 0.2) is 0 Å². The van der Waals surface area contributed by atoms with Gasteiger partial charge in [-0.2, -0.15) is 0 Å². The van der Waals surface area contributed by atoms with E-state index in [-0.39, 0.29) is 0 Å². The molecule has 1 atom stereocenters. The van der Waals surface area contributed by atoms with Gasteiger partial charge in [-0.25, -0.2) is 0 Å². The summed E-state index contributed by atoms with van der Waals surface area (Å²) in [7, 11) is 0. The molecule has 1 aliphatic heterocycles. The van der Waals surface area contributed by atoms with Crippen LogP contribution in [-0.2, 0) is 21.7 Å². The van der Waals surface area contributed by atoms with Crippen LogP contribution in [-0.4, -0.2) is 0 Å². The molecular weight excluding hydrogens is 336 g/mol. The van der Waals surface area contributed by atoms with E-state index >= 15 is 0 Å². The Bertz CT molecular complexity index is 302. The quantitative estimate of drug-likeness (QED) is 0.764. The van der Waals surface area contributed by atoms with Gasteiger partial charge in [0, 0.05) is 0 Å². The maximum absolute atomic E-state index is 2.61. The standard InChI is InChI=1S/C8H8.C3H7.CH3.Ir/c1-2-8-6-4-3-5-7-8;1-3-2;;/h3-6H,1-2H2;1,3H2,2H3;1H3;. The topological polar surface area (TPSA) is 0 Å². The molecule has 2 rings (SSSR count). The first-order valence-corrected chi connectivity index (χ1v) is 11.8. The van der Waals surface area contributed by atoms with Crippen LogP contribution in [0.4, 0.5) is 0 Å². The number of rotatable bonds is 2. The molecule has 0 fully saturated rings. The molecule has 0 nitrogen and oxygen atoms in total. The third-order valence-electron chi connectivity index (χ3n) is 2.62. The van der Waals surface area contributed by atoms with Crippen LogP contribution in [0.5, 0.6) is 0 Å². The Balaban J connectivity index is 2.37. The summed E-state index contributed by atoms with van der Waals surface area (Å²) >= 11 is -1.53. The van der Waals surface area contributed by atoms with Gasteiger partial charge in [0.05, 0.1) is 0 Å². The van der Waals surface area contributed by atoms with Gasteiger partial charge in [0.1, 0.15) is 0 Å². The van der Waals surface area contributed by atoms with Crippen molar-refractivity contribution in [3.63, 3.8) is 0 Å². The molecule has 0 bridgehead atoms. The Morgan fingerprint density at radius 1 is 1.31 bits per heavy atom. The van der Waals surface area contributed by atoms with Crippen molar-refractivity contribution in [1.29, 1.82) is 0 Å². The fourth-order valence-electron chi connectivity index (χ4n) is 1.98. The van der Waals surface area contributed by atoms with E-state index < -0.39 is 15.3 Å². The molecule has 0 aliphatic carbocycles. The van der Waals surface area contributed by atoms with Crippen LogP contribution >= 0.6 is 0 Å². The van der Waals surface area contributed by atoms with Crippen molar-refractivity contribution < 1.29 is 15.3 Å². The zero-order valence-corrected chi connectivity index (χ0v) is 10.9. The van der Waals surface area contributed by atoms with E-state index in [9.17, 15) is 0 Å². The van der Waals surface area contributed by atoms with Gasteiger partial charge in [-0.15, -0.1) is 0 Å². The summed E-state index contributed by atoms with van der Waals surface area (Å²) in [5.41, 5.74) is 4.27. The zero-order chi connectivity index (χ0) is 9.31. The Kier molecular flexibility index (Phi) is 2.58. The third-order valence-corrected chi connectivity index (χ3v) is 14.0. The van der Waals surface area contributed by atoms with Gasteiger partial charge in [-0.1, -0.05) is 0 Å². The molecule has 0 amide bonds. The third kappa shape index (κ3) is 1.60. The SMILES string of the molecule is CC[CH2][Ir]1([CH3])[CH2]Cc2cccc[c]21. The molecule has 0 aromatic heterocycles. The van der Waals surface area contributed by atoms with E-state index in [0.29, 0.717) is 0 Å². The fraction of sp³-hybridized carbons (Fsp3) is 0.500. The van der Waals surface area contributed by atoms with Crippen molar-refractivity contribution in [3.8, 4) is 0 Å². The fourth-order valence-corrected chi connectivity index (χ4v) is 12.0. The number of hydrogen-bond acceptors (Lipinski definition) is 0. The predicted molar refractivity (Wildman–Crippen MR) is 55.5 cm³/mol. The predicted octanol–water partition coefficient (Wildman–Crippen LogP) is 3.32. The molecule has 1 aliphatic rings. The summed E-state index contributed by atoms with van der Waals surface area (Å²) < 4.78 is 1.80. The number of benzene rings is 1. The molecular formula is C12H18Ir. The summed E-state index contributed by atoms with van der Waals surface area (Å²) in [6.07, 6.45) is 2.75. The van der Waals surface area contributed by atoms with Crippen LogP contribution in [0.2, 0.25) is 15.3 Å². The van der Waals surface area contributed by atoms with Gasteiger partial charge >= 0.3 is 84.3 Å². The van der Waals surface area contributed by atoms with E-state index in [1.165, 1.54) is 22.7 Å². The molecule has 1 heteroatoms. The van der Waals surface area contributed by atoms with Crippen molar-refractivity contribution in [2.45, 2.75) is 35.1 Å². The van der Waals surface area contributed by atoms with Gasteiger partial charge in [0.25, 0.3) is 0 Å². The monoisotopic (exact) mass is 355 g/mol. The minimum atomic E-state index is -1.53. The minimum absolute atomic E-state index is 1.37. The van der Waals surface area contributed by atoms with E-state index in [2.05, 4.69) is 36.6 Å². The van der Waals surface area contributed by atoms with Crippen LogP contribution in [0.25, 0.3) is 0 Å². The molecule has 0 spiro atoms. The van der Waals surface area contributed by atoms with E-state index in [1.54, 1.807) is 9.64 Å². The van der Waals surface area contributed by atoms with Crippen molar-refractivity contribution in [2.24, 2.45) is 0 Å². The van der Waals surface area contributed by atoms with E-state index in [0.717, 1.165) is 0 Å². The molecule has 75 valence electrons. The van der Waals surface area contributed by atoms with Crippen molar-refractivity contribution in [1.82, 2.24) is 0 Å². The summed E-state index contributed by atoms with van der Waals surface area (Å²) in [5.74, 6) is 0. The summed E-state index contributed by atoms with van der Waals surface area (Å²) in [5, 5.41) is 0. The van der Waals surface area contributed by atoms with Crippen LogP contribution in [0.15, 0.2) is 24.3 Å². The summed E-state index contributed by atoms with van der Waals surface area (Å²) in [4.78, 5) is 3.06. The number of fused-ring (bicyclic) bond motifs is 1. The zero-order valence-electron chi connectivity index (χ0n) is 8.47. The van der Waals surface area contributed by atoms with Gasteiger partial charge < -0.3 is 0 Å². The van der Waals surface area contributed by atoms with Crippen LogP contribution in [0.3, 0.4) is 0 Å². The average Bonchev–Trinajstić information content (AvgIpc) is 2.46. The van der Waals surface area contributed by atoms with Crippen LogP contribution in [0, 0.1) is 0 Å². The van der Waals surface area contributed by atoms with Crippen molar-refractivity contribution in [3.05, 3.63) is 29.8 Å². The first-order valence-electron chi connectivity index (χ1n) is 4.86. The molecule has 13 heavy (non-hydrogen) atoms. The Morgan fingerprint density at radius 2 is 2.08 bits per heavy atom. The summed E-state index contributed by atoms with van der Waals surface area (Å²) in [6.45, 7) is 2.33. The van der Waals surface area contributed by atoms with E-state index in [1.807, 2.05) is 0 Å². The molecule has 0 saturated carbocycles. The first kappa shape index (κ1) is 9.43. The van der Waals surface area contributed by atoms with Crippen LogP contribution < -0.4 is 4.08 Å². The summed E-state index contributed by atoms with van der Waals surface area (Å²) in [6, 6.07) is 9.15. The molecule has 0 saturated heterocycles. The molecule has 1 aromatic rings. The van der Waals surface area contributed by atoms with Gasteiger partial charge in [-0.3, -0.25) is 0 Å². The molecule has 0 radical (unpaired) electrons. The second kappa shape index (κ2) is 3.55. The Morgan fingerprint density at radius 3 is 2.85 bits per heavy atom. The molecule has 0 N–H and O–H groups in total. The second-order valence-electron chi connectivity index (χ2n) is 3.69. The molecule has 1 heterocycles. The number of aryl methyl sites for hydroxylation is 1. The molecule has 1 aromatic carbocycles. The van der Waals surface area contributed by atoms with E-state index in [4.69, 9.17) is 0 Å². The first-order chi connectivity index (χ1) is 6.26. The van der Waals surface area contributed by atoms with Crippen molar-refractivity contribution in [2.75, 3.05) is 0 Å². The Labute approximate surface area is 84.3 Å². The van der Waals surface area contributed by atoms with Crippen LogP contribution in [0.1, 0.15) is 18.9 Å². The molecule has 1 unspecified atom stereocenters. The average molecular weight is 354 g/mol. The second-order valence-corrected chi connectivity index (χ2v) is 14.9. The normalized spacial score (nSPS) is 30.9. The Hall–Kier alpha value is -0.131. The van der Waals surface area contributed by atoms with Gasteiger partial charge in [-0.05, 0) is 0 Å². The number of hydrogen-bond donors (Lipinski definition) is 0.